The van der Waals surface area contributed by atoms with Gasteiger partial charge in [0.15, 0.2) is 6.61 Å². The highest BCUT2D eigenvalue weighted by Gasteiger charge is 2.37. The lowest BCUT2D eigenvalue weighted by atomic mass is 9.90. The lowest BCUT2D eigenvalue weighted by molar-refractivity contribution is -0.137. The molecule has 0 aromatic carbocycles. The number of pyridine rings is 1. The van der Waals surface area contributed by atoms with Gasteiger partial charge in [-0.2, -0.15) is 18.3 Å². The molecule has 0 bridgehead atoms. The van der Waals surface area contributed by atoms with Crippen molar-refractivity contribution in [3.05, 3.63) is 53.7 Å². The Morgan fingerprint density at radius 3 is 2.26 bits per heavy atom. The molecule has 1 aliphatic carbocycles. The van der Waals surface area contributed by atoms with E-state index in [9.17, 15) is 26.7 Å². The van der Waals surface area contributed by atoms with Gasteiger partial charge in [-0.15, -0.1) is 0 Å². The Labute approximate surface area is 263 Å². The minimum Gasteiger partial charge on any atom is -0.467 e. The molecule has 0 aliphatic heterocycles. The van der Waals surface area contributed by atoms with Crippen molar-refractivity contribution in [2.24, 2.45) is 0 Å². The van der Waals surface area contributed by atoms with Crippen LogP contribution in [-0.2, 0) is 10.9 Å². The van der Waals surface area contributed by atoms with Gasteiger partial charge in [-0.1, -0.05) is 11.6 Å². The van der Waals surface area contributed by atoms with Gasteiger partial charge >= 0.3 is 18.3 Å². The summed E-state index contributed by atoms with van der Waals surface area (Å²) in [5.41, 5.74) is -0.376. The van der Waals surface area contributed by atoms with E-state index in [4.69, 9.17) is 21.1 Å². The molecule has 4 aromatic heterocycles. The molecule has 244 valence electrons. The van der Waals surface area contributed by atoms with Crippen LogP contribution in [0.4, 0.5) is 38.5 Å². The highest BCUT2D eigenvalue weighted by atomic mass is 35.5. The van der Waals surface area contributed by atoms with Gasteiger partial charge < -0.3 is 14.8 Å². The molecule has 12 nitrogen and oxygen atoms in total. The molecular formula is C28H27ClF5N9O3. The van der Waals surface area contributed by atoms with Crippen molar-refractivity contribution in [3.8, 4) is 28.5 Å². The van der Waals surface area contributed by atoms with Crippen molar-refractivity contribution in [1.29, 1.82) is 0 Å². The van der Waals surface area contributed by atoms with E-state index >= 15 is 0 Å². The molecule has 4 heterocycles. The number of halogens is 6. The van der Waals surface area contributed by atoms with E-state index in [1.54, 1.807) is 24.5 Å². The van der Waals surface area contributed by atoms with Crippen LogP contribution in [0.5, 0.6) is 6.01 Å². The number of anilines is 2. The van der Waals surface area contributed by atoms with Crippen LogP contribution in [0.3, 0.4) is 0 Å². The third kappa shape index (κ3) is 7.75. The number of carbonyl (C=O) groups excluding carboxylic acids is 1. The van der Waals surface area contributed by atoms with E-state index in [0.29, 0.717) is 49.9 Å². The zero-order chi connectivity index (χ0) is 33.1. The molecule has 1 fully saturated rings. The monoisotopic (exact) mass is 667 g/mol. The number of aromatic nitrogens is 7. The molecule has 0 atom stereocenters. The first-order chi connectivity index (χ1) is 21.8. The average molecular weight is 668 g/mol. The highest BCUT2D eigenvalue weighted by molar-refractivity contribution is 6.32. The number of H-pyrrole nitrogens is 1. The number of hydrogen-bond acceptors (Lipinski definition) is 10. The summed E-state index contributed by atoms with van der Waals surface area (Å²) in [4.78, 5) is 34.8. The van der Waals surface area contributed by atoms with Crippen molar-refractivity contribution in [1.82, 2.24) is 35.1 Å². The van der Waals surface area contributed by atoms with E-state index < -0.39 is 42.1 Å². The molecule has 0 spiro atoms. The number of nitrogens with one attached hydrogen (secondary N) is 2. The normalized spacial score (nSPS) is 17.0. The van der Waals surface area contributed by atoms with Crippen LogP contribution in [0.1, 0.15) is 38.2 Å². The second kappa shape index (κ2) is 13.4. The molecule has 46 heavy (non-hydrogen) atoms. The second-order valence-electron chi connectivity index (χ2n) is 10.6. The summed E-state index contributed by atoms with van der Waals surface area (Å²) in [6, 6.07) is 2.68. The molecular weight excluding hydrogens is 641 g/mol. The van der Waals surface area contributed by atoms with Gasteiger partial charge in [-0.25, -0.2) is 38.5 Å². The highest BCUT2D eigenvalue weighted by Crippen LogP contribution is 2.38. The Hall–Kier alpha value is -4.67. The smallest absolute Gasteiger partial charge is 0.420 e. The van der Waals surface area contributed by atoms with Gasteiger partial charge in [-0.05, 0) is 37.8 Å². The quantitative estimate of drug-likeness (QED) is 0.192. The predicted molar refractivity (Wildman–Crippen MR) is 156 cm³/mol. The standard InChI is InChI=1S/C28H27ClF5N9O3/c1-27(30,31)14-46-26(44)43(21-8-3-15(9-35-21)16-10-37-25(45-2)38-11-16)18-6-4-17(5-7-18)40-24-36-12-19(28(32,33)34)22(41-24)23-20(29)13-39-42-23/h3,8-13,17-18H,4-7,14H2,1-2H3,(H,39,42)(H,36,40,41). The van der Waals surface area contributed by atoms with E-state index in [1.807, 2.05) is 0 Å². The molecule has 1 aliphatic rings. The third-order valence-corrected chi connectivity index (χ3v) is 7.39. The van der Waals surface area contributed by atoms with Crippen molar-refractivity contribution in [2.45, 2.75) is 56.8 Å². The zero-order valence-electron chi connectivity index (χ0n) is 24.4. The van der Waals surface area contributed by atoms with Crippen LogP contribution in [-0.4, -0.2) is 72.9 Å². The first kappa shape index (κ1) is 32.7. The number of nitrogens with zero attached hydrogens (tertiary/aromatic N) is 7. The summed E-state index contributed by atoms with van der Waals surface area (Å²) in [5.74, 6) is -3.11. The summed E-state index contributed by atoms with van der Waals surface area (Å²) in [5, 5.41) is 9.12. The Bertz CT molecular complexity index is 1640. The number of amides is 1. The maximum Gasteiger partial charge on any atom is 0.420 e. The fourth-order valence-corrected chi connectivity index (χ4v) is 5.09. The summed E-state index contributed by atoms with van der Waals surface area (Å²) in [7, 11) is 1.44. The number of carbonyl (C=O) groups is 1. The number of aromatic amines is 1. The maximum absolute atomic E-state index is 13.7. The Balaban J connectivity index is 1.32. The van der Waals surface area contributed by atoms with Gasteiger partial charge in [0.2, 0.25) is 5.95 Å². The minimum absolute atomic E-state index is 0.0394. The molecule has 18 heteroatoms. The topological polar surface area (TPSA) is 144 Å². The summed E-state index contributed by atoms with van der Waals surface area (Å²) in [6.07, 6.45) is 2.31. The maximum atomic E-state index is 13.7. The van der Waals surface area contributed by atoms with Gasteiger partial charge in [0.1, 0.15) is 22.8 Å². The molecule has 5 rings (SSSR count). The van der Waals surface area contributed by atoms with Crippen molar-refractivity contribution < 1.29 is 36.2 Å². The van der Waals surface area contributed by atoms with E-state index in [2.05, 4.69) is 40.4 Å². The Kier molecular flexibility index (Phi) is 9.50. The van der Waals surface area contributed by atoms with Crippen LogP contribution < -0.4 is 15.0 Å². The fourth-order valence-electron chi connectivity index (χ4n) is 4.91. The van der Waals surface area contributed by atoms with Crippen LogP contribution in [0.2, 0.25) is 5.02 Å². The average Bonchev–Trinajstić information content (AvgIpc) is 3.46. The number of methoxy groups -OCH3 is 1. The fraction of sp³-hybridized carbons (Fsp3) is 0.393. The van der Waals surface area contributed by atoms with Crippen molar-refractivity contribution >= 4 is 29.5 Å². The molecule has 0 radical (unpaired) electrons. The summed E-state index contributed by atoms with van der Waals surface area (Å²) < 4.78 is 78.0. The van der Waals surface area contributed by atoms with Crippen molar-refractivity contribution in [2.75, 3.05) is 23.9 Å². The molecule has 1 saturated carbocycles. The van der Waals surface area contributed by atoms with E-state index in [-0.39, 0.29) is 34.5 Å². The van der Waals surface area contributed by atoms with Gasteiger partial charge in [0.05, 0.1) is 18.3 Å². The number of rotatable bonds is 9. The Morgan fingerprint density at radius 2 is 1.70 bits per heavy atom. The number of alkyl halides is 5. The van der Waals surface area contributed by atoms with Crippen LogP contribution in [0.15, 0.2) is 43.1 Å². The molecule has 4 aromatic rings. The lowest BCUT2D eigenvalue weighted by Gasteiger charge is -2.36. The Morgan fingerprint density at radius 1 is 1.00 bits per heavy atom. The first-order valence-corrected chi connectivity index (χ1v) is 14.3. The van der Waals surface area contributed by atoms with E-state index in [0.717, 1.165) is 0 Å². The van der Waals surface area contributed by atoms with Gasteiger partial charge in [0, 0.05) is 54.9 Å². The number of hydrogen-bond donors (Lipinski definition) is 2. The molecule has 2 N–H and O–H groups in total. The summed E-state index contributed by atoms with van der Waals surface area (Å²) in [6.45, 7) is -0.477. The minimum atomic E-state index is -4.74. The van der Waals surface area contributed by atoms with Crippen LogP contribution in [0, 0.1) is 0 Å². The SMILES string of the molecule is COc1ncc(-c2ccc(N(C(=O)OCC(C)(F)F)C3CCC(Nc4ncc(C(F)(F)F)c(-c5[nH]ncc5Cl)n4)CC3)nc2)cn1. The van der Waals surface area contributed by atoms with Crippen LogP contribution >= 0.6 is 11.6 Å². The molecule has 0 unspecified atom stereocenters. The third-order valence-electron chi connectivity index (χ3n) is 7.10. The first-order valence-electron chi connectivity index (χ1n) is 13.9. The predicted octanol–water partition coefficient (Wildman–Crippen LogP) is 6.42. The second-order valence-corrected chi connectivity index (χ2v) is 11.0. The number of ether oxygens (including phenoxy) is 2. The zero-order valence-corrected chi connectivity index (χ0v) is 25.1. The van der Waals surface area contributed by atoms with Crippen LogP contribution in [0.25, 0.3) is 22.5 Å². The molecule has 1 amide bonds. The van der Waals surface area contributed by atoms with E-state index in [1.165, 1.54) is 24.4 Å². The summed E-state index contributed by atoms with van der Waals surface area (Å²) >= 11 is 6.02. The molecule has 0 saturated heterocycles. The van der Waals surface area contributed by atoms with Gasteiger partial charge in [-0.3, -0.25) is 10.00 Å². The lowest BCUT2D eigenvalue weighted by Crippen LogP contribution is -2.45. The largest absolute Gasteiger partial charge is 0.467 e. The van der Waals surface area contributed by atoms with Crippen molar-refractivity contribution in [3.63, 3.8) is 0 Å². The van der Waals surface area contributed by atoms with Gasteiger partial charge in [0.25, 0.3) is 5.92 Å².